The predicted molar refractivity (Wildman–Crippen MR) is 69.9 cm³/mol. The van der Waals surface area contributed by atoms with Crippen LogP contribution in [0.5, 0.6) is 0 Å². The van der Waals surface area contributed by atoms with Gasteiger partial charge in [-0.3, -0.25) is 9.59 Å². The Bertz CT molecular complexity index is 433. The molecule has 0 saturated carbocycles. The van der Waals surface area contributed by atoms with Gasteiger partial charge < -0.3 is 10.6 Å². The van der Waals surface area contributed by atoms with Gasteiger partial charge >= 0.3 is 0 Å². The largest absolute Gasteiger partial charge is 0.355 e. The molecule has 0 aliphatic carbocycles. The molecule has 0 aliphatic rings. The summed E-state index contributed by atoms with van der Waals surface area (Å²) < 4.78 is 0.728. The molecule has 5 heteroatoms. The molecule has 1 aromatic carbocycles. The molecule has 2 N–H and O–H groups in total. The van der Waals surface area contributed by atoms with Crippen molar-refractivity contribution >= 4 is 27.7 Å². The number of nitrogens with one attached hydrogen (secondary N) is 2. The van der Waals surface area contributed by atoms with E-state index in [0.29, 0.717) is 12.1 Å². The lowest BCUT2D eigenvalue weighted by atomic mass is 10.1. The van der Waals surface area contributed by atoms with E-state index in [9.17, 15) is 9.59 Å². The molecule has 0 fully saturated rings. The van der Waals surface area contributed by atoms with Crippen LogP contribution < -0.4 is 10.6 Å². The number of aryl methyl sites for hydroxylation is 1. The van der Waals surface area contributed by atoms with E-state index >= 15 is 0 Å². The number of likely N-dealkylation sites (N-methyl/N-ethyl adjacent to an activating group) is 1. The first-order chi connectivity index (χ1) is 8.04. The van der Waals surface area contributed by atoms with Crippen molar-refractivity contribution in [2.45, 2.75) is 13.8 Å². The smallest absolute Gasteiger partial charge is 0.252 e. The van der Waals surface area contributed by atoms with Gasteiger partial charge in [-0.1, -0.05) is 6.07 Å². The number of carbonyl (C=O) groups is 2. The van der Waals surface area contributed by atoms with Crippen molar-refractivity contribution in [1.29, 1.82) is 0 Å². The molecule has 0 aromatic heterocycles. The Labute approximate surface area is 109 Å². The van der Waals surface area contributed by atoms with Crippen molar-refractivity contribution in [2.24, 2.45) is 0 Å². The van der Waals surface area contributed by atoms with Crippen molar-refractivity contribution in [3.05, 3.63) is 33.8 Å². The average Bonchev–Trinajstić information content (AvgIpc) is 2.26. The van der Waals surface area contributed by atoms with Crippen LogP contribution in [0.15, 0.2) is 22.7 Å². The van der Waals surface area contributed by atoms with Gasteiger partial charge in [0, 0.05) is 11.0 Å². The van der Waals surface area contributed by atoms with Gasteiger partial charge in [0.2, 0.25) is 5.91 Å². The van der Waals surface area contributed by atoms with E-state index in [-0.39, 0.29) is 18.4 Å². The molecular formula is C12H15BrN2O2. The fourth-order valence-electron chi connectivity index (χ4n) is 1.32. The van der Waals surface area contributed by atoms with Gasteiger partial charge in [-0.2, -0.15) is 0 Å². The number of rotatable bonds is 4. The number of hydrogen-bond donors (Lipinski definition) is 2. The molecule has 0 heterocycles. The summed E-state index contributed by atoms with van der Waals surface area (Å²) in [6, 6.07) is 5.44. The Morgan fingerprint density at radius 1 is 1.29 bits per heavy atom. The van der Waals surface area contributed by atoms with Crippen molar-refractivity contribution in [3.63, 3.8) is 0 Å². The van der Waals surface area contributed by atoms with Crippen LogP contribution in [0.1, 0.15) is 22.8 Å². The number of benzene rings is 1. The molecule has 0 radical (unpaired) electrons. The summed E-state index contributed by atoms with van der Waals surface area (Å²) in [5.41, 5.74) is 1.59. The summed E-state index contributed by atoms with van der Waals surface area (Å²) in [7, 11) is 0. The lowest BCUT2D eigenvalue weighted by Crippen LogP contribution is -2.36. The zero-order chi connectivity index (χ0) is 12.8. The van der Waals surface area contributed by atoms with Crippen LogP contribution in [0, 0.1) is 6.92 Å². The van der Waals surface area contributed by atoms with E-state index in [0.717, 1.165) is 10.0 Å². The van der Waals surface area contributed by atoms with Crippen LogP contribution in [-0.2, 0) is 4.79 Å². The first-order valence-corrected chi connectivity index (χ1v) is 6.15. The second kappa shape index (κ2) is 6.39. The van der Waals surface area contributed by atoms with Crippen LogP contribution in [0.25, 0.3) is 0 Å². The molecule has 92 valence electrons. The number of carbonyl (C=O) groups excluding carboxylic acids is 2. The van der Waals surface area contributed by atoms with Crippen molar-refractivity contribution in [3.8, 4) is 0 Å². The Hall–Kier alpha value is -1.36. The quantitative estimate of drug-likeness (QED) is 0.887. The van der Waals surface area contributed by atoms with E-state index in [1.54, 1.807) is 6.07 Å². The molecule has 1 rings (SSSR count). The third-order valence-corrected chi connectivity index (χ3v) is 2.81. The minimum absolute atomic E-state index is 0.00695. The molecule has 0 bridgehead atoms. The third kappa shape index (κ3) is 4.19. The van der Waals surface area contributed by atoms with Gasteiger partial charge in [-0.15, -0.1) is 0 Å². The highest BCUT2D eigenvalue weighted by Crippen LogP contribution is 2.17. The average molecular weight is 299 g/mol. The van der Waals surface area contributed by atoms with Crippen molar-refractivity contribution < 1.29 is 9.59 Å². The summed E-state index contributed by atoms with van der Waals surface area (Å²) in [6.07, 6.45) is 0. The Balaban J connectivity index is 2.61. The lowest BCUT2D eigenvalue weighted by molar-refractivity contribution is -0.120. The van der Waals surface area contributed by atoms with Gasteiger partial charge in [0.1, 0.15) is 0 Å². The van der Waals surface area contributed by atoms with Gasteiger partial charge in [0.05, 0.1) is 12.1 Å². The SMILES string of the molecule is CCNC(=O)CNC(=O)c1ccc(C)cc1Br. The number of hydrogen-bond acceptors (Lipinski definition) is 2. The zero-order valence-corrected chi connectivity index (χ0v) is 11.4. The van der Waals surface area contributed by atoms with Gasteiger partial charge in [-0.25, -0.2) is 0 Å². The topological polar surface area (TPSA) is 58.2 Å². The van der Waals surface area contributed by atoms with Gasteiger partial charge in [0.15, 0.2) is 0 Å². The van der Waals surface area contributed by atoms with Crippen LogP contribution in [0.4, 0.5) is 0 Å². The summed E-state index contributed by atoms with van der Waals surface area (Å²) in [4.78, 5) is 22.9. The van der Waals surface area contributed by atoms with Crippen molar-refractivity contribution in [1.82, 2.24) is 10.6 Å². The van der Waals surface area contributed by atoms with Crippen molar-refractivity contribution in [2.75, 3.05) is 13.1 Å². The predicted octanol–water partition coefficient (Wildman–Crippen LogP) is 1.62. The molecule has 4 nitrogen and oxygen atoms in total. The maximum Gasteiger partial charge on any atom is 0.252 e. The van der Waals surface area contributed by atoms with Gasteiger partial charge in [-0.05, 0) is 47.5 Å². The van der Waals surface area contributed by atoms with Crippen LogP contribution in [0.2, 0.25) is 0 Å². The fourth-order valence-corrected chi connectivity index (χ4v) is 1.99. The van der Waals surface area contributed by atoms with E-state index in [1.165, 1.54) is 0 Å². The van der Waals surface area contributed by atoms with Crippen LogP contribution in [0.3, 0.4) is 0 Å². The molecule has 0 aliphatic heterocycles. The standard InChI is InChI=1S/C12H15BrN2O2/c1-3-14-11(16)7-15-12(17)9-5-4-8(2)6-10(9)13/h4-6H,3,7H2,1-2H3,(H,14,16)(H,15,17). The molecule has 0 unspecified atom stereocenters. The van der Waals surface area contributed by atoms with Gasteiger partial charge in [0.25, 0.3) is 5.91 Å². The summed E-state index contributed by atoms with van der Waals surface area (Å²) in [6.45, 7) is 4.33. The Morgan fingerprint density at radius 3 is 2.59 bits per heavy atom. The highest BCUT2D eigenvalue weighted by Gasteiger charge is 2.10. The maximum absolute atomic E-state index is 11.8. The zero-order valence-electron chi connectivity index (χ0n) is 9.84. The first-order valence-electron chi connectivity index (χ1n) is 5.35. The molecule has 17 heavy (non-hydrogen) atoms. The second-order valence-electron chi connectivity index (χ2n) is 3.62. The van der Waals surface area contributed by atoms with E-state index in [4.69, 9.17) is 0 Å². The highest BCUT2D eigenvalue weighted by atomic mass is 79.9. The van der Waals surface area contributed by atoms with E-state index in [2.05, 4.69) is 26.6 Å². The second-order valence-corrected chi connectivity index (χ2v) is 4.47. The summed E-state index contributed by atoms with van der Waals surface area (Å²) in [5, 5.41) is 5.17. The minimum Gasteiger partial charge on any atom is -0.355 e. The third-order valence-electron chi connectivity index (χ3n) is 2.15. The lowest BCUT2D eigenvalue weighted by Gasteiger charge is -2.07. The normalized spacial score (nSPS) is 9.82. The summed E-state index contributed by atoms with van der Waals surface area (Å²) >= 11 is 3.32. The fraction of sp³-hybridized carbons (Fsp3) is 0.333. The highest BCUT2D eigenvalue weighted by molar-refractivity contribution is 9.10. The summed E-state index contributed by atoms with van der Waals surface area (Å²) in [5.74, 6) is -0.452. The molecule has 0 spiro atoms. The first kappa shape index (κ1) is 13.7. The molecule has 1 aromatic rings. The van der Waals surface area contributed by atoms with Crippen LogP contribution in [-0.4, -0.2) is 24.9 Å². The Kier molecular flexibility index (Phi) is 5.15. The molecule has 2 amide bonds. The number of halogens is 1. The maximum atomic E-state index is 11.8. The molecule has 0 saturated heterocycles. The van der Waals surface area contributed by atoms with E-state index in [1.807, 2.05) is 26.0 Å². The monoisotopic (exact) mass is 298 g/mol. The molecular weight excluding hydrogens is 284 g/mol. The Morgan fingerprint density at radius 2 is 2.00 bits per heavy atom. The van der Waals surface area contributed by atoms with E-state index < -0.39 is 0 Å². The molecule has 0 atom stereocenters. The number of amides is 2. The van der Waals surface area contributed by atoms with Crippen LogP contribution >= 0.6 is 15.9 Å². The minimum atomic E-state index is -0.261.